The van der Waals surface area contributed by atoms with Crippen LogP contribution in [-0.4, -0.2) is 22.1 Å². The molecule has 2 rings (SSSR count). The van der Waals surface area contributed by atoms with Crippen LogP contribution in [0.5, 0.6) is 0 Å². The third-order valence-corrected chi connectivity index (χ3v) is 2.88. The van der Waals surface area contributed by atoms with Gasteiger partial charge in [-0.05, 0) is 37.6 Å². The topological polar surface area (TPSA) is 62.2 Å². The van der Waals surface area contributed by atoms with E-state index in [2.05, 4.69) is 10.3 Å². The van der Waals surface area contributed by atoms with E-state index in [4.69, 9.17) is 5.11 Å². The van der Waals surface area contributed by atoms with Gasteiger partial charge in [-0.1, -0.05) is 12.1 Å². The number of hydrogen-bond acceptors (Lipinski definition) is 3. The maximum Gasteiger partial charge on any atom is 0.320 e. The summed E-state index contributed by atoms with van der Waals surface area (Å²) >= 11 is 0. The summed E-state index contributed by atoms with van der Waals surface area (Å²) in [7, 11) is 0. The molecule has 4 heteroatoms. The average molecular weight is 244 g/mol. The molecule has 4 nitrogen and oxygen atoms in total. The fourth-order valence-corrected chi connectivity index (χ4v) is 1.75. The van der Waals surface area contributed by atoms with E-state index in [1.807, 2.05) is 37.3 Å². The summed E-state index contributed by atoms with van der Waals surface area (Å²) in [4.78, 5) is 15.1. The normalized spacial score (nSPS) is 12.6. The first kappa shape index (κ1) is 12.5. The van der Waals surface area contributed by atoms with Crippen LogP contribution in [0.2, 0.25) is 0 Å². The van der Waals surface area contributed by atoms with Crippen LogP contribution in [0, 0.1) is 6.92 Å². The van der Waals surface area contributed by atoms with Crippen molar-refractivity contribution in [1.29, 1.82) is 0 Å². The number of aryl methyl sites for hydroxylation is 1. The Kier molecular flexibility index (Phi) is 3.58. The van der Waals surface area contributed by atoms with Gasteiger partial charge in [-0.3, -0.25) is 9.78 Å². The highest BCUT2D eigenvalue weighted by atomic mass is 16.4. The molecule has 0 saturated carbocycles. The summed E-state index contributed by atoms with van der Waals surface area (Å²) in [6.07, 6.45) is 0. The number of benzene rings is 1. The number of nitrogens with one attached hydrogen (secondary N) is 1. The maximum absolute atomic E-state index is 10.7. The summed E-state index contributed by atoms with van der Waals surface area (Å²) in [6.45, 7) is 4.13. The monoisotopic (exact) mass is 244 g/mol. The van der Waals surface area contributed by atoms with Gasteiger partial charge < -0.3 is 10.4 Å². The Bertz CT molecular complexity index is 581. The number of nitrogens with zero attached hydrogens (tertiary/aromatic N) is 1. The molecule has 1 atom stereocenters. The zero-order valence-corrected chi connectivity index (χ0v) is 10.5. The second-order valence-electron chi connectivity index (χ2n) is 4.42. The minimum absolute atomic E-state index is 0.539. The first-order valence-corrected chi connectivity index (χ1v) is 5.89. The van der Waals surface area contributed by atoms with Gasteiger partial charge in [0.2, 0.25) is 0 Å². The molecule has 1 aromatic heterocycles. The lowest BCUT2D eigenvalue weighted by molar-refractivity contribution is -0.139. The number of aliphatic carboxylic acids is 1. The van der Waals surface area contributed by atoms with E-state index >= 15 is 0 Å². The Hall–Kier alpha value is -1.94. The van der Waals surface area contributed by atoms with Crippen molar-refractivity contribution in [3.05, 3.63) is 41.6 Å². The standard InChI is InChI=1S/C14H16N2O2/c1-9-3-5-12-7-11(4-6-13(12)16-9)8-15-10(2)14(17)18/h3-7,10,15H,8H2,1-2H3,(H,17,18). The van der Waals surface area contributed by atoms with Crippen LogP contribution in [0.4, 0.5) is 0 Å². The molecule has 1 aromatic carbocycles. The van der Waals surface area contributed by atoms with E-state index in [-0.39, 0.29) is 0 Å². The van der Waals surface area contributed by atoms with Crippen molar-refractivity contribution in [2.75, 3.05) is 0 Å². The second kappa shape index (κ2) is 5.14. The summed E-state index contributed by atoms with van der Waals surface area (Å²) in [5.41, 5.74) is 3.01. The molecule has 0 radical (unpaired) electrons. The summed E-state index contributed by atoms with van der Waals surface area (Å²) in [6, 6.07) is 9.42. The smallest absolute Gasteiger partial charge is 0.320 e. The average Bonchev–Trinajstić information content (AvgIpc) is 2.35. The highest BCUT2D eigenvalue weighted by Crippen LogP contribution is 2.14. The van der Waals surface area contributed by atoms with Gasteiger partial charge in [0.1, 0.15) is 6.04 Å². The van der Waals surface area contributed by atoms with Gasteiger partial charge in [0.15, 0.2) is 0 Å². The van der Waals surface area contributed by atoms with Crippen LogP contribution in [0.25, 0.3) is 10.9 Å². The second-order valence-corrected chi connectivity index (χ2v) is 4.42. The lowest BCUT2D eigenvalue weighted by Crippen LogP contribution is -2.33. The fraction of sp³-hybridized carbons (Fsp3) is 0.286. The van der Waals surface area contributed by atoms with E-state index in [0.717, 1.165) is 22.2 Å². The van der Waals surface area contributed by atoms with Crippen molar-refractivity contribution in [2.45, 2.75) is 26.4 Å². The largest absolute Gasteiger partial charge is 0.480 e. The van der Waals surface area contributed by atoms with Crippen LogP contribution in [-0.2, 0) is 11.3 Å². The van der Waals surface area contributed by atoms with Crippen LogP contribution in [0.1, 0.15) is 18.2 Å². The highest BCUT2D eigenvalue weighted by molar-refractivity contribution is 5.79. The molecule has 0 aliphatic heterocycles. The number of carboxylic acids is 1. The SMILES string of the molecule is Cc1ccc2cc(CNC(C)C(=O)O)ccc2n1. The number of carbonyl (C=O) groups is 1. The van der Waals surface area contributed by atoms with Crippen molar-refractivity contribution in [2.24, 2.45) is 0 Å². The van der Waals surface area contributed by atoms with Crippen LogP contribution in [0.15, 0.2) is 30.3 Å². The number of pyridine rings is 1. The van der Waals surface area contributed by atoms with E-state index < -0.39 is 12.0 Å². The lowest BCUT2D eigenvalue weighted by Gasteiger charge is -2.09. The van der Waals surface area contributed by atoms with Crippen LogP contribution < -0.4 is 5.32 Å². The van der Waals surface area contributed by atoms with Crippen LogP contribution >= 0.6 is 0 Å². The summed E-state index contributed by atoms with van der Waals surface area (Å²) in [5.74, 6) is -0.840. The molecule has 0 saturated heterocycles. The Balaban J connectivity index is 2.15. The maximum atomic E-state index is 10.7. The van der Waals surface area contributed by atoms with E-state index in [1.54, 1.807) is 6.92 Å². The predicted octanol–water partition coefficient (Wildman–Crippen LogP) is 2.11. The van der Waals surface area contributed by atoms with E-state index in [9.17, 15) is 4.79 Å². The molecule has 0 aliphatic carbocycles. The van der Waals surface area contributed by atoms with Gasteiger partial charge in [-0.15, -0.1) is 0 Å². The van der Waals surface area contributed by atoms with E-state index in [0.29, 0.717) is 6.54 Å². The lowest BCUT2D eigenvalue weighted by atomic mass is 10.1. The molecule has 0 bridgehead atoms. The van der Waals surface area contributed by atoms with Crippen molar-refractivity contribution in [3.8, 4) is 0 Å². The van der Waals surface area contributed by atoms with Crippen molar-refractivity contribution < 1.29 is 9.90 Å². The first-order valence-electron chi connectivity index (χ1n) is 5.89. The minimum Gasteiger partial charge on any atom is -0.480 e. The van der Waals surface area contributed by atoms with Crippen molar-refractivity contribution in [3.63, 3.8) is 0 Å². The Labute approximate surface area is 106 Å². The molecular weight excluding hydrogens is 228 g/mol. The first-order chi connectivity index (χ1) is 8.56. The number of carboxylic acid groups (broad SMARTS) is 1. The molecule has 0 spiro atoms. The van der Waals surface area contributed by atoms with Gasteiger partial charge in [-0.25, -0.2) is 0 Å². The number of aromatic nitrogens is 1. The fourth-order valence-electron chi connectivity index (χ4n) is 1.75. The van der Waals surface area contributed by atoms with Crippen LogP contribution in [0.3, 0.4) is 0 Å². The zero-order chi connectivity index (χ0) is 13.1. The molecule has 18 heavy (non-hydrogen) atoms. The molecule has 2 N–H and O–H groups in total. The molecule has 1 heterocycles. The van der Waals surface area contributed by atoms with E-state index in [1.165, 1.54) is 0 Å². The third kappa shape index (κ3) is 2.84. The molecule has 2 aromatic rings. The Morgan fingerprint density at radius 2 is 2.17 bits per heavy atom. The number of rotatable bonds is 4. The summed E-state index contributed by atoms with van der Waals surface area (Å²) < 4.78 is 0. The molecule has 1 unspecified atom stereocenters. The molecular formula is C14H16N2O2. The molecule has 0 aliphatic rings. The van der Waals surface area contributed by atoms with Gasteiger partial charge in [0.05, 0.1) is 5.52 Å². The third-order valence-electron chi connectivity index (χ3n) is 2.88. The van der Waals surface area contributed by atoms with Crippen molar-refractivity contribution >= 4 is 16.9 Å². The minimum atomic E-state index is -0.840. The van der Waals surface area contributed by atoms with Gasteiger partial charge in [0.25, 0.3) is 0 Å². The highest BCUT2D eigenvalue weighted by Gasteiger charge is 2.09. The van der Waals surface area contributed by atoms with Gasteiger partial charge in [0, 0.05) is 17.6 Å². The van der Waals surface area contributed by atoms with Gasteiger partial charge in [-0.2, -0.15) is 0 Å². The Morgan fingerprint density at radius 3 is 2.89 bits per heavy atom. The zero-order valence-electron chi connectivity index (χ0n) is 10.5. The molecule has 94 valence electrons. The predicted molar refractivity (Wildman–Crippen MR) is 70.4 cm³/mol. The molecule has 0 amide bonds. The number of fused-ring (bicyclic) bond motifs is 1. The molecule has 0 fully saturated rings. The number of hydrogen-bond donors (Lipinski definition) is 2. The van der Waals surface area contributed by atoms with Crippen molar-refractivity contribution in [1.82, 2.24) is 10.3 Å². The van der Waals surface area contributed by atoms with Gasteiger partial charge >= 0.3 is 5.97 Å². The Morgan fingerprint density at radius 1 is 1.39 bits per heavy atom. The quantitative estimate of drug-likeness (QED) is 0.864. The summed E-state index contributed by atoms with van der Waals surface area (Å²) in [5, 5.41) is 12.8.